The van der Waals surface area contributed by atoms with Gasteiger partial charge in [0.2, 0.25) is 5.56 Å². The Morgan fingerprint density at radius 1 is 1.47 bits per heavy atom. The fraction of sp³-hybridized carbons (Fsp3) is 0.571. The molecule has 2 rings (SSSR count). The van der Waals surface area contributed by atoms with E-state index in [0.29, 0.717) is 5.69 Å². The highest BCUT2D eigenvalue weighted by molar-refractivity contribution is 5.92. The first-order chi connectivity index (χ1) is 9.22. The number of likely N-dealkylation sites (tertiary alicyclic amines) is 1. The number of nitrogens with one attached hydrogen (secondary N) is 2. The van der Waals surface area contributed by atoms with E-state index >= 15 is 0 Å². The summed E-state index contributed by atoms with van der Waals surface area (Å²) in [6, 6.07) is 5.00. The summed E-state index contributed by atoms with van der Waals surface area (Å²) < 4.78 is 0. The second-order valence-corrected chi connectivity index (χ2v) is 4.97. The van der Waals surface area contributed by atoms with Crippen LogP contribution in [0, 0.1) is 0 Å². The highest BCUT2D eigenvalue weighted by Gasteiger charge is 2.27. The highest BCUT2D eigenvalue weighted by atomic mass is 16.2. The van der Waals surface area contributed by atoms with Crippen molar-refractivity contribution in [2.75, 3.05) is 20.1 Å². The second kappa shape index (κ2) is 6.52. The topological polar surface area (TPSA) is 65.2 Å². The number of aromatic amines is 1. The summed E-state index contributed by atoms with van der Waals surface area (Å²) in [6.07, 6.45) is 4.21. The number of pyridine rings is 1. The molecule has 0 saturated carbocycles. The van der Waals surface area contributed by atoms with Crippen molar-refractivity contribution >= 4 is 5.91 Å². The largest absolute Gasteiger partial charge is 0.334 e. The lowest BCUT2D eigenvalue weighted by molar-refractivity contribution is 0.0596. The van der Waals surface area contributed by atoms with E-state index in [1.54, 1.807) is 12.1 Å². The van der Waals surface area contributed by atoms with E-state index in [4.69, 9.17) is 0 Å². The molecule has 1 unspecified atom stereocenters. The molecule has 1 aromatic heterocycles. The van der Waals surface area contributed by atoms with Gasteiger partial charge >= 0.3 is 0 Å². The van der Waals surface area contributed by atoms with Gasteiger partial charge in [-0.3, -0.25) is 9.59 Å². The van der Waals surface area contributed by atoms with E-state index in [-0.39, 0.29) is 17.5 Å². The summed E-state index contributed by atoms with van der Waals surface area (Å²) in [6.45, 7) is 1.68. The monoisotopic (exact) mass is 263 g/mol. The molecule has 0 spiro atoms. The minimum absolute atomic E-state index is 0.0569. The molecule has 1 aliphatic rings. The molecule has 0 aliphatic carbocycles. The van der Waals surface area contributed by atoms with Crippen molar-refractivity contribution < 1.29 is 4.79 Å². The number of H-pyrrole nitrogens is 1. The van der Waals surface area contributed by atoms with E-state index < -0.39 is 0 Å². The van der Waals surface area contributed by atoms with Gasteiger partial charge in [-0.1, -0.05) is 6.07 Å². The normalized spacial score (nSPS) is 19.4. The lowest BCUT2D eigenvalue weighted by Crippen LogP contribution is -2.45. The third-order valence-electron chi connectivity index (χ3n) is 3.61. The van der Waals surface area contributed by atoms with Crippen molar-refractivity contribution in [2.45, 2.75) is 31.7 Å². The number of amides is 1. The number of nitrogens with zero attached hydrogens (tertiary/aromatic N) is 1. The molecule has 1 amide bonds. The van der Waals surface area contributed by atoms with E-state index in [9.17, 15) is 9.59 Å². The van der Waals surface area contributed by atoms with Crippen molar-refractivity contribution in [2.24, 2.45) is 0 Å². The molecule has 1 atom stereocenters. The Kier molecular flexibility index (Phi) is 4.74. The average Bonchev–Trinajstić information content (AvgIpc) is 2.44. The molecule has 104 valence electrons. The summed E-state index contributed by atoms with van der Waals surface area (Å²) >= 11 is 0. The van der Waals surface area contributed by atoms with Crippen LogP contribution < -0.4 is 10.9 Å². The average molecular weight is 263 g/mol. The van der Waals surface area contributed by atoms with Crippen LogP contribution in [0.2, 0.25) is 0 Å². The van der Waals surface area contributed by atoms with Crippen LogP contribution in [0.15, 0.2) is 23.0 Å². The number of hydrogen-bond donors (Lipinski definition) is 2. The number of aromatic nitrogens is 1. The molecule has 2 heterocycles. The summed E-state index contributed by atoms with van der Waals surface area (Å²) in [5.74, 6) is -0.0569. The second-order valence-electron chi connectivity index (χ2n) is 4.97. The molecule has 19 heavy (non-hydrogen) atoms. The molecule has 1 aliphatic heterocycles. The molecular weight excluding hydrogens is 242 g/mol. The predicted molar refractivity (Wildman–Crippen MR) is 74.3 cm³/mol. The van der Waals surface area contributed by atoms with Gasteiger partial charge in [-0.25, -0.2) is 0 Å². The van der Waals surface area contributed by atoms with E-state index in [0.717, 1.165) is 32.4 Å². The highest BCUT2D eigenvalue weighted by Crippen LogP contribution is 2.21. The van der Waals surface area contributed by atoms with Gasteiger partial charge < -0.3 is 15.2 Å². The summed E-state index contributed by atoms with van der Waals surface area (Å²) in [7, 11) is 1.92. The molecule has 1 aromatic rings. The standard InChI is InChI=1S/C14H21N3O2/c1-15-9-8-11-5-2-3-10-17(11)14(19)12-6-4-7-13(18)16-12/h4,6-7,11,15H,2-3,5,8-10H2,1H3,(H,16,18). The van der Waals surface area contributed by atoms with Gasteiger partial charge in [-0.15, -0.1) is 0 Å². The van der Waals surface area contributed by atoms with Crippen molar-refractivity contribution in [1.82, 2.24) is 15.2 Å². The molecule has 0 aromatic carbocycles. The van der Waals surface area contributed by atoms with Crippen LogP contribution in [0.3, 0.4) is 0 Å². The molecule has 5 heteroatoms. The van der Waals surface area contributed by atoms with Crippen LogP contribution in [0.4, 0.5) is 0 Å². The minimum atomic E-state index is -0.227. The Morgan fingerprint density at radius 3 is 3.05 bits per heavy atom. The Hall–Kier alpha value is -1.62. The number of rotatable bonds is 4. The first kappa shape index (κ1) is 13.8. The number of carbonyl (C=O) groups is 1. The third kappa shape index (κ3) is 3.44. The van der Waals surface area contributed by atoms with Crippen molar-refractivity contribution in [1.29, 1.82) is 0 Å². The smallest absolute Gasteiger partial charge is 0.270 e. The number of carbonyl (C=O) groups excluding carboxylic acids is 1. The lowest BCUT2D eigenvalue weighted by atomic mass is 9.99. The summed E-state index contributed by atoms with van der Waals surface area (Å²) in [5, 5.41) is 3.13. The Labute approximate surface area is 113 Å². The van der Waals surface area contributed by atoms with Gasteiger partial charge in [0.25, 0.3) is 5.91 Å². The first-order valence-corrected chi connectivity index (χ1v) is 6.87. The SMILES string of the molecule is CNCCC1CCCCN1C(=O)c1cccc(=O)[nH]1. The van der Waals surface area contributed by atoms with Gasteiger partial charge in [-0.05, 0) is 45.3 Å². The minimum Gasteiger partial charge on any atom is -0.334 e. The molecule has 0 radical (unpaired) electrons. The fourth-order valence-electron chi connectivity index (χ4n) is 2.61. The van der Waals surface area contributed by atoms with Crippen molar-refractivity contribution in [3.05, 3.63) is 34.2 Å². The van der Waals surface area contributed by atoms with E-state index in [2.05, 4.69) is 10.3 Å². The van der Waals surface area contributed by atoms with Gasteiger partial charge in [0.15, 0.2) is 0 Å². The summed E-state index contributed by atoms with van der Waals surface area (Å²) in [5.41, 5.74) is 0.165. The van der Waals surface area contributed by atoms with Crippen LogP contribution >= 0.6 is 0 Å². The van der Waals surface area contributed by atoms with Gasteiger partial charge in [0.05, 0.1) is 0 Å². The van der Waals surface area contributed by atoms with Crippen LogP contribution in [0.5, 0.6) is 0 Å². The maximum Gasteiger partial charge on any atom is 0.270 e. The Bertz CT molecular complexity index is 484. The lowest BCUT2D eigenvalue weighted by Gasteiger charge is -2.35. The summed E-state index contributed by atoms with van der Waals surface area (Å²) in [4.78, 5) is 28.3. The first-order valence-electron chi connectivity index (χ1n) is 6.87. The van der Waals surface area contributed by atoms with Crippen LogP contribution in [-0.2, 0) is 0 Å². The van der Waals surface area contributed by atoms with E-state index in [1.807, 2.05) is 11.9 Å². The van der Waals surface area contributed by atoms with E-state index in [1.165, 1.54) is 12.5 Å². The van der Waals surface area contributed by atoms with Crippen LogP contribution in [0.1, 0.15) is 36.2 Å². The number of hydrogen-bond acceptors (Lipinski definition) is 3. The van der Waals surface area contributed by atoms with Crippen molar-refractivity contribution in [3.8, 4) is 0 Å². The van der Waals surface area contributed by atoms with Crippen LogP contribution in [-0.4, -0.2) is 42.0 Å². The quantitative estimate of drug-likeness (QED) is 0.851. The van der Waals surface area contributed by atoms with Gasteiger partial charge in [0.1, 0.15) is 5.69 Å². The third-order valence-corrected chi connectivity index (χ3v) is 3.61. The number of piperidine rings is 1. The maximum atomic E-state index is 12.5. The van der Waals surface area contributed by atoms with Crippen molar-refractivity contribution in [3.63, 3.8) is 0 Å². The fourth-order valence-corrected chi connectivity index (χ4v) is 2.61. The van der Waals surface area contributed by atoms with Crippen LogP contribution in [0.25, 0.3) is 0 Å². The molecule has 0 bridgehead atoms. The zero-order valence-corrected chi connectivity index (χ0v) is 11.3. The zero-order chi connectivity index (χ0) is 13.7. The van der Waals surface area contributed by atoms with Gasteiger partial charge in [0, 0.05) is 18.7 Å². The van der Waals surface area contributed by atoms with Gasteiger partial charge in [-0.2, -0.15) is 0 Å². The molecule has 5 nitrogen and oxygen atoms in total. The Morgan fingerprint density at radius 2 is 2.32 bits per heavy atom. The zero-order valence-electron chi connectivity index (χ0n) is 11.3. The molecule has 1 fully saturated rings. The molecule has 2 N–H and O–H groups in total. The maximum absolute atomic E-state index is 12.5. The Balaban J connectivity index is 2.13. The molecular formula is C14H21N3O2. The molecule has 1 saturated heterocycles. The predicted octanol–water partition coefficient (Wildman–Crippen LogP) is 0.979.